The van der Waals surface area contributed by atoms with Gasteiger partial charge in [-0.25, -0.2) is 0 Å². The van der Waals surface area contributed by atoms with Gasteiger partial charge in [-0.3, -0.25) is 0 Å². The van der Waals surface area contributed by atoms with Gasteiger partial charge in [0.1, 0.15) is 22.2 Å². The summed E-state index contributed by atoms with van der Waals surface area (Å²) >= 11 is 5.17. The topological polar surface area (TPSA) is 39.7 Å². The second-order valence-corrected chi connectivity index (χ2v) is 3.72. The van der Waals surface area contributed by atoms with E-state index in [1.165, 1.54) is 0 Å². The summed E-state index contributed by atoms with van der Waals surface area (Å²) in [6, 6.07) is 5.54. The summed E-state index contributed by atoms with van der Waals surface area (Å²) in [7, 11) is 3.21. The summed E-state index contributed by atoms with van der Waals surface area (Å²) in [5.41, 5.74) is 0.724. The zero-order valence-corrected chi connectivity index (χ0v) is 11.1. The Kier molecular flexibility index (Phi) is 5.72. The van der Waals surface area contributed by atoms with Gasteiger partial charge >= 0.3 is 0 Å². The lowest BCUT2D eigenvalue weighted by atomic mass is 10.2. The maximum Gasteiger partial charge on any atom is 0.146 e. The van der Waals surface area contributed by atoms with E-state index in [0.717, 1.165) is 5.69 Å². The summed E-state index contributed by atoms with van der Waals surface area (Å²) in [5, 5.41) is 3.07. The van der Waals surface area contributed by atoms with Gasteiger partial charge in [0.15, 0.2) is 0 Å². The summed E-state index contributed by atoms with van der Waals surface area (Å²) in [4.78, 5) is 0.592. The van der Waals surface area contributed by atoms with Crippen LogP contribution in [0.3, 0.4) is 0 Å². The van der Waals surface area contributed by atoms with Crippen LogP contribution in [-0.4, -0.2) is 32.4 Å². The van der Waals surface area contributed by atoms with Crippen LogP contribution in [0.15, 0.2) is 18.2 Å². The van der Waals surface area contributed by atoms with Crippen LogP contribution in [0, 0.1) is 0 Å². The van der Waals surface area contributed by atoms with Gasteiger partial charge in [0.2, 0.25) is 0 Å². The molecule has 0 atom stereocenters. The Hall–Kier alpha value is -1.33. The van der Waals surface area contributed by atoms with Crippen LogP contribution in [0.4, 0.5) is 5.69 Å². The summed E-state index contributed by atoms with van der Waals surface area (Å²) < 4.78 is 15.7. The highest BCUT2D eigenvalue weighted by Crippen LogP contribution is 2.34. The van der Waals surface area contributed by atoms with Crippen LogP contribution < -0.4 is 14.8 Å². The largest absolute Gasteiger partial charge is 0.494 e. The fourth-order valence-electron chi connectivity index (χ4n) is 1.34. The molecule has 0 spiro atoms. The van der Waals surface area contributed by atoms with Crippen molar-refractivity contribution < 1.29 is 14.2 Å². The van der Waals surface area contributed by atoms with Crippen LogP contribution in [-0.2, 0) is 4.74 Å². The average molecular weight is 255 g/mol. The predicted octanol–water partition coefficient (Wildman–Crippen LogP) is 2.48. The zero-order chi connectivity index (χ0) is 12.7. The van der Waals surface area contributed by atoms with Crippen molar-refractivity contribution in [3.63, 3.8) is 0 Å². The minimum atomic E-state index is 0.382. The summed E-state index contributed by atoms with van der Waals surface area (Å²) in [6.07, 6.45) is 0. The Labute approximate surface area is 107 Å². The third kappa shape index (κ3) is 3.87. The Morgan fingerprint density at radius 3 is 2.29 bits per heavy atom. The molecule has 0 unspecified atom stereocenters. The molecule has 0 aromatic heterocycles. The lowest BCUT2D eigenvalue weighted by molar-refractivity contribution is 0.188. The molecule has 0 radical (unpaired) electrons. The van der Waals surface area contributed by atoms with Crippen LogP contribution >= 0.6 is 12.2 Å². The van der Waals surface area contributed by atoms with Crippen LogP contribution in [0.2, 0.25) is 0 Å². The van der Waals surface area contributed by atoms with E-state index in [9.17, 15) is 0 Å². The number of nitrogens with one attached hydrogen (secondary N) is 1. The molecule has 0 aliphatic rings. The van der Waals surface area contributed by atoms with E-state index in [0.29, 0.717) is 29.7 Å². The molecule has 5 heteroatoms. The van der Waals surface area contributed by atoms with Crippen molar-refractivity contribution in [3.05, 3.63) is 18.2 Å². The molecule has 0 amide bonds. The number of benzene rings is 1. The Morgan fingerprint density at radius 1 is 1.24 bits per heavy atom. The molecule has 1 aromatic carbocycles. The number of thiocarbonyl (C=S) groups is 1. The molecule has 0 saturated heterocycles. The molecule has 94 valence electrons. The third-order valence-electron chi connectivity index (χ3n) is 2.13. The van der Waals surface area contributed by atoms with Gasteiger partial charge in [0.05, 0.1) is 20.8 Å². The maximum atomic E-state index is 5.25. The second kappa shape index (κ2) is 7.09. The van der Waals surface area contributed by atoms with E-state index >= 15 is 0 Å². The monoisotopic (exact) mass is 255 g/mol. The number of anilines is 1. The molecule has 1 N–H and O–H groups in total. The van der Waals surface area contributed by atoms with E-state index in [1.54, 1.807) is 14.2 Å². The molecule has 1 aromatic rings. The first-order valence-electron chi connectivity index (χ1n) is 5.31. The van der Waals surface area contributed by atoms with Crippen molar-refractivity contribution in [2.24, 2.45) is 0 Å². The molecule has 0 aliphatic heterocycles. The highest BCUT2D eigenvalue weighted by Gasteiger charge is 2.10. The summed E-state index contributed by atoms with van der Waals surface area (Å²) in [6.45, 7) is 2.93. The first-order chi connectivity index (χ1) is 8.22. The van der Waals surface area contributed by atoms with Gasteiger partial charge in [0, 0.05) is 6.61 Å². The number of rotatable bonds is 6. The second-order valence-electron chi connectivity index (χ2n) is 3.22. The lowest BCUT2D eigenvalue weighted by Crippen LogP contribution is -2.17. The van der Waals surface area contributed by atoms with Crippen molar-refractivity contribution in [2.75, 3.05) is 32.8 Å². The SMILES string of the molecule is CCOCC(=S)Nc1c(OC)cccc1OC. The van der Waals surface area contributed by atoms with E-state index in [4.69, 9.17) is 26.4 Å². The predicted molar refractivity (Wildman–Crippen MR) is 72.3 cm³/mol. The van der Waals surface area contributed by atoms with Gasteiger partial charge < -0.3 is 19.5 Å². The highest BCUT2D eigenvalue weighted by atomic mass is 32.1. The molecule has 0 aliphatic carbocycles. The molecular weight excluding hydrogens is 238 g/mol. The molecule has 0 heterocycles. The molecule has 4 nitrogen and oxygen atoms in total. The maximum absolute atomic E-state index is 5.25. The normalized spacial score (nSPS) is 9.82. The molecule has 17 heavy (non-hydrogen) atoms. The van der Waals surface area contributed by atoms with Crippen LogP contribution in [0.5, 0.6) is 11.5 Å². The van der Waals surface area contributed by atoms with Crippen molar-refractivity contribution in [3.8, 4) is 11.5 Å². The fraction of sp³-hybridized carbons (Fsp3) is 0.417. The van der Waals surface area contributed by atoms with Crippen LogP contribution in [0.1, 0.15) is 6.92 Å². The van der Waals surface area contributed by atoms with Crippen molar-refractivity contribution in [1.29, 1.82) is 0 Å². The van der Waals surface area contributed by atoms with E-state index in [1.807, 2.05) is 25.1 Å². The Morgan fingerprint density at radius 2 is 1.82 bits per heavy atom. The Bertz CT molecular complexity index is 360. The fourth-order valence-corrected chi connectivity index (χ4v) is 1.53. The van der Waals surface area contributed by atoms with E-state index in [-0.39, 0.29) is 0 Å². The zero-order valence-electron chi connectivity index (χ0n) is 10.3. The quantitative estimate of drug-likeness (QED) is 0.791. The van der Waals surface area contributed by atoms with Crippen molar-refractivity contribution in [1.82, 2.24) is 0 Å². The van der Waals surface area contributed by atoms with Gasteiger partial charge in [-0.05, 0) is 19.1 Å². The number of methoxy groups -OCH3 is 2. The smallest absolute Gasteiger partial charge is 0.146 e. The molecule has 0 saturated carbocycles. The first-order valence-corrected chi connectivity index (χ1v) is 5.72. The average Bonchev–Trinajstić information content (AvgIpc) is 2.36. The third-order valence-corrected chi connectivity index (χ3v) is 2.35. The summed E-state index contributed by atoms with van der Waals surface area (Å²) in [5.74, 6) is 1.37. The lowest BCUT2D eigenvalue weighted by Gasteiger charge is -2.15. The van der Waals surface area contributed by atoms with E-state index < -0.39 is 0 Å². The Balaban J connectivity index is 2.83. The van der Waals surface area contributed by atoms with Crippen molar-refractivity contribution >= 4 is 22.9 Å². The highest BCUT2D eigenvalue weighted by molar-refractivity contribution is 7.80. The number of ether oxygens (including phenoxy) is 3. The molecule has 1 rings (SSSR count). The first kappa shape index (κ1) is 13.7. The molecule has 0 bridgehead atoms. The van der Waals surface area contributed by atoms with Crippen LogP contribution in [0.25, 0.3) is 0 Å². The number of hydrogen-bond donors (Lipinski definition) is 1. The van der Waals surface area contributed by atoms with E-state index in [2.05, 4.69) is 5.32 Å². The minimum Gasteiger partial charge on any atom is -0.494 e. The minimum absolute atomic E-state index is 0.382. The number of para-hydroxylation sites is 1. The van der Waals surface area contributed by atoms with Gasteiger partial charge in [-0.2, -0.15) is 0 Å². The molecular formula is C12H17NO3S. The van der Waals surface area contributed by atoms with Gasteiger partial charge in [0.25, 0.3) is 0 Å². The van der Waals surface area contributed by atoms with Gasteiger partial charge in [-0.15, -0.1) is 0 Å². The van der Waals surface area contributed by atoms with Gasteiger partial charge in [-0.1, -0.05) is 18.3 Å². The molecule has 0 fully saturated rings. The van der Waals surface area contributed by atoms with Crippen molar-refractivity contribution in [2.45, 2.75) is 6.92 Å². The number of hydrogen-bond acceptors (Lipinski definition) is 4. The standard InChI is InChI=1S/C12H17NO3S/c1-4-16-8-11(17)13-12-9(14-2)6-5-7-10(12)15-3/h5-7H,4,8H2,1-3H3,(H,13,17).